The summed E-state index contributed by atoms with van der Waals surface area (Å²) in [6.07, 6.45) is 2.21. The van der Waals surface area contributed by atoms with Crippen LogP contribution >= 0.6 is 11.3 Å². The van der Waals surface area contributed by atoms with Gasteiger partial charge in [-0.2, -0.15) is 9.37 Å². The van der Waals surface area contributed by atoms with Crippen LogP contribution in [0, 0.1) is 24.5 Å². The molecular formula is C17H16F2N6OS. The van der Waals surface area contributed by atoms with Crippen LogP contribution < -0.4 is 10.5 Å². The molecule has 1 fully saturated rings. The fraction of sp³-hybridized carbons (Fsp3) is 0.353. The first-order valence-corrected chi connectivity index (χ1v) is 9.16. The van der Waals surface area contributed by atoms with E-state index < -0.39 is 5.82 Å². The number of hydrogen-bond donors (Lipinski definition) is 1. The van der Waals surface area contributed by atoms with Crippen LogP contribution in [0.2, 0.25) is 0 Å². The minimum atomic E-state index is -0.644. The Labute approximate surface area is 157 Å². The standard InChI is InChI=1S/C17H16F2N6OS/c1-8-24-25-14(27-8)5-13-15(19)16(23-17(20)22-13)26-7-9-4-11(9)12-3-2-10(18)6-21-12/h2-3,6,9,11H,4-5,7H2,1H3,(H2,20,22,23)/t9-,11+/m1/s1. The largest absolute Gasteiger partial charge is 0.475 e. The average Bonchev–Trinajstić information content (AvgIpc) is 3.30. The summed E-state index contributed by atoms with van der Waals surface area (Å²) in [5.41, 5.74) is 6.63. The zero-order valence-corrected chi connectivity index (χ0v) is 15.2. The molecule has 1 saturated carbocycles. The Kier molecular flexibility index (Phi) is 4.65. The summed E-state index contributed by atoms with van der Waals surface area (Å²) in [5.74, 6) is -0.894. The van der Waals surface area contributed by atoms with Gasteiger partial charge in [-0.15, -0.1) is 21.5 Å². The molecule has 0 amide bonds. The number of aryl methyl sites for hydroxylation is 1. The van der Waals surface area contributed by atoms with Crippen molar-refractivity contribution in [3.63, 3.8) is 0 Å². The van der Waals surface area contributed by atoms with Crippen molar-refractivity contribution < 1.29 is 13.5 Å². The number of hydrogen-bond acceptors (Lipinski definition) is 8. The summed E-state index contributed by atoms with van der Waals surface area (Å²) in [7, 11) is 0. The maximum atomic E-state index is 14.7. The lowest BCUT2D eigenvalue weighted by atomic mass is 10.2. The highest BCUT2D eigenvalue weighted by Gasteiger charge is 2.40. The monoisotopic (exact) mass is 390 g/mol. The van der Waals surface area contributed by atoms with Crippen molar-refractivity contribution in [3.8, 4) is 5.88 Å². The third-order valence-electron chi connectivity index (χ3n) is 4.28. The Morgan fingerprint density at radius 2 is 2.11 bits per heavy atom. The molecule has 2 atom stereocenters. The molecule has 10 heteroatoms. The molecule has 0 aliphatic heterocycles. The fourth-order valence-corrected chi connectivity index (χ4v) is 3.55. The van der Waals surface area contributed by atoms with E-state index in [1.165, 1.54) is 23.6 Å². The van der Waals surface area contributed by atoms with E-state index in [9.17, 15) is 8.78 Å². The second-order valence-corrected chi connectivity index (χ2v) is 7.62. The van der Waals surface area contributed by atoms with Crippen LogP contribution in [0.1, 0.15) is 33.7 Å². The second-order valence-electron chi connectivity index (χ2n) is 6.35. The zero-order valence-electron chi connectivity index (χ0n) is 14.4. The summed E-state index contributed by atoms with van der Waals surface area (Å²) in [6, 6.07) is 3.04. The van der Waals surface area contributed by atoms with E-state index in [1.54, 1.807) is 6.07 Å². The Morgan fingerprint density at radius 1 is 1.26 bits per heavy atom. The molecule has 3 aromatic heterocycles. The first kappa shape index (κ1) is 17.7. The van der Waals surface area contributed by atoms with Crippen molar-refractivity contribution >= 4 is 17.3 Å². The number of rotatable bonds is 6. The van der Waals surface area contributed by atoms with Gasteiger partial charge in [-0.1, -0.05) is 0 Å². The third-order valence-corrected chi connectivity index (χ3v) is 5.12. The van der Waals surface area contributed by atoms with Gasteiger partial charge in [-0.3, -0.25) is 4.98 Å². The molecule has 0 radical (unpaired) electrons. The van der Waals surface area contributed by atoms with Gasteiger partial charge in [0, 0.05) is 24.0 Å². The van der Waals surface area contributed by atoms with Gasteiger partial charge in [0.25, 0.3) is 5.88 Å². The van der Waals surface area contributed by atoms with E-state index in [2.05, 4.69) is 25.1 Å². The van der Waals surface area contributed by atoms with Crippen molar-refractivity contribution in [1.82, 2.24) is 25.1 Å². The maximum Gasteiger partial charge on any atom is 0.255 e. The van der Waals surface area contributed by atoms with Crippen LogP contribution in [0.3, 0.4) is 0 Å². The van der Waals surface area contributed by atoms with Crippen LogP contribution in [0.15, 0.2) is 18.3 Å². The van der Waals surface area contributed by atoms with Gasteiger partial charge >= 0.3 is 0 Å². The van der Waals surface area contributed by atoms with E-state index in [-0.39, 0.29) is 48.2 Å². The molecular weight excluding hydrogens is 374 g/mol. The van der Waals surface area contributed by atoms with Gasteiger partial charge in [-0.05, 0) is 25.5 Å². The van der Waals surface area contributed by atoms with Gasteiger partial charge < -0.3 is 10.5 Å². The van der Waals surface area contributed by atoms with E-state index in [4.69, 9.17) is 10.5 Å². The predicted molar refractivity (Wildman–Crippen MR) is 94.4 cm³/mol. The summed E-state index contributed by atoms with van der Waals surface area (Å²) < 4.78 is 33.2. The molecule has 0 bridgehead atoms. The SMILES string of the molecule is Cc1nnc(Cc2nc(N)nc(OC[C@H]3C[C@@H]3c3ccc(F)cn3)c2F)s1. The fourth-order valence-electron chi connectivity index (χ4n) is 2.84. The van der Waals surface area contributed by atoms with Gasteiger partial charge in [0.05, 0.1) is 18.5 Å². The van der Waals surface area contributed by atoms with Crippen molar-refractivity contribution in [3.05, 3.63) is 51.4 Å². The highest BCUT2D eigenvalue weighted by Crippen LogP contribution is 2.46. The second kappa shape index (κ2) is 7.10. The average molecular weight is 390 g/mol. The number of nitrogens with two attached hydrogens (primary N) is 1. The maximum absolute atomic E-state index is 14.7. The number of pyridine rings is 1. The molecule has 2 N–H and O–H groups in total. The van der Waals surface area contributed by atoms with Crippen molar-refractivity contribution in [2.45, 2.75) is 25.7 Å². The third kappa shape index (κ3) is 4.00. The van der Waals surface area contributed by atoms with Gasteiger partial charge in [-0.25, -0.2) is 9.37 Å². The van der Waals surface area contributed by atoms with Gasteiger partial charge in [0.1, 0.15) is 15.8 Å². The van der Waals surface area contributed by atoms with Gasteiger partial charge in [0.15, 0.2) is 0 Å². The lowest BCUT2D eigenvalue weighted by Gasteiger charge is -2.09. The van der Waals surface area contributed by atoms with Crippen LogP contribution in [-0.2, 0) is 6.42 Å². The quantitative estimate of drug-likeness (QED) is 0.691. The summed E-state index contributed by atoms with van der Waals surface area (Å²) in [4.78, 5) is 11.9. The molecule has 3 heterocycles. The predicted octanol–water partition coefficient (Wildman–Crippen LogP) is 2.67. The first-order chi connectivity index (χ1) is 13.0. The highest BCUT2D eigenvalue weighted by atomic mass is 32.1. The smallest absolute Gasteiger partial charge is 0.255 e. The topological polar surface area (TPSA) is 99.7 Å². The molecule has 0 saturated heterocycles. The molecule has 0 unspecified atom stereocenters. The summed E-state index contributed by atoms with van der Waals surface area (Å²) in [5, 5.41) is 9.31. The van der Waals surface area contributed by atoms with Crippen molar-refractivity contribution in [2.75, 3.05) is 12.3 Å². The molecule has 1 aliphatic rings. The summed E-state index contributed by atoms with van der Waals surface area (Å²) in [6.45, 7) is 2.09. The van der Waals surface area contributed by atoms with E-state index in [1.807, 2.05) is 6.92 Å². The number of nitrogen functional groups attached to an aromatic ring is 1. The number of halogens is 2. The van der Waals surface area contributed by atoms with Crippen molar-refractivity contribution in [2.24, 2.45) is 5.92 Å². The van der Waals surface area contributed by atoms with E-state index in [0.29, 0.717) is 5.01 Å². The molecule has 1 aliphatic carbocycles. The lowest BCUT2D eigenvalue weighted by molar-refractivity contribution is 0.269. The minimum absolute atomic E-state index is 0.0600. The van der Waals surface area contributed by atoms with E-state index >= 15 is 0 Å². The molecule has 0 aromatic carbocycles. The number of ether oxygens (including phenoxy) is 1. The van der Waals surface area contributed by atoms with Crippen LogP contribution in [-0.4, -0.2) is 31.8 Å². The van der Waals surface area contributed by atoms with E-state index in [0.717, 1.165) is 17.1 Å². The highest BCUT2D eigenvalue weighted by molar-refractivity contribution is 7.11. The number of anilines is 1. The molecule has 3 aromatic rings. The molecule has 27 heavy (non-hydrogen) atoms. The Bertz CT molecular complexity index is 965. The normalized spacial score (nSPS) is 18.5. The summed E-state index contributed by atoms with van der Waals surface area (Å²) >= 11 is 1.37. The molecule has 4 rings (SSSR count). The Hall–Kier alpha value is -2.75. The molecule has 140 valence electrons. The molecule has 7 nitrogen and oxygen atoms in total. The Morgan fingerprint density at radius 3 is 2.81 bits per heavy atom. The first-order valence-electron chi connectivity index (χ1n) is 8.34. The zero-order chi connectivity index (χ0) is 19.0. The van der Waals surface area contributed by atoms with Crippen molar-refractivity contribution in [1.29, 1.82) is 0 Å². The van der Waals surface area contributed by atoms with Gasteiger partial charge in [0.2, 0.25) is 11.8 Å². The molecule has 0 spiro atoms. The number of nitrogens with zero attached hydrogens (tertiary/aromatic N) is 5. The minimum Gasteiger partial charge on any atom is -0.475 e. The van der Waals surface area contributed by atoms with Crippen LogP contribution in [0.5, 0.6) is 5.88 Å². The van der Waals surface area contributed by atoms with Crippen LogP contribution in [0.4, 0.5) is 14.7 Å². The lowest BCUT2D eigenvalue weighted by Crippen LogP contribution is -2.10. The van der Waals surface area contributed by atoms with Crippen LogP contribution in [0.25, 0.3) is 0 Å². The number of aromatic nitrogens is 5. The Balaban J connectivity index is 1.42.